The highest BCUT2D eigenvalue weighted by molar-refractivity contribution is 9.10. The molecule has 6 heteroatoms. The molecule has 0 saturated carbocycles. The second-order valence-corrected chi connectivity index (χ2v) is 4.31. The molecule has 1 aromatic heterocycles. The van der Waals surface area contributed by atoms with Crippen LogP contribution in [0.1, 0.15) is 6.92 Å². The second-order valence-electron chi connectivity index (χ2n) is 3.52. The monoisotopic (exact) mass is 283 g/mol. The van der Waals surface area contributed by atoms with Crippen molar-refractivity contribution in [2.45, 2.75) is 6.92 Å². The third-order valence-corrected chi connectivity index (χ3v) is 2.87. The molecule has 0 saturated heterocycles. The molecule has 0 aliphatic rings. The Morgan fingerprint density at radius 1 is 1.62 bits per heavy atom. The highest BCUT2D eigenvalue weighted by atomic mass is 79.9. The average molecular weight is 284 g/mol. The minimum Gasteiger partial charge on any atom is -0.372 e. The van der Waals surface area contributed by atoms with Gasteiger partial charge in [-0.1, -0.05) is 0 Å². The van der Waals surface area contributed by atoms with E-state index in [1.54, 1.807) is 7.05 Å². The van der Waals surface area contributed by atoms with Crippen molar-refractivity contribution in [1.82, 2.24) is 9.97 Å². The lowest BCUT2D eigenvalue weighted by Gasteiger charge is -2.21. The van der Waals surface area contributed by atoms with Gasteiger partial charge in [0.2, 0.25) is 0 Å². The van der Waals surface area contributed by atoms with Crippen molar-refractivity contribution in [3.63, 3.8) is 0 Å². The van der Waals surface area contributed by atoms with E-state index in [0.717, 1.165) is 16.1 Å². The van der Waals surface area contributed by atoms with E-state index in [2.05, 4.69) is 37.3 Å². The van der Waals surface area contributed by atoms with Crippen LogP contribution in [0, 0.1) is 17.2 Å². The number of nitrogens with zero attached hydrogens (tertiary/aromatic N) is 4. The van der Waals surface area contributed by atoms with E-state index in [4.69, 9.17) is 5.26 Å². The Hall–Kier alpha value is -1.35. The Labute approximate surface area is 104 Å². The molecule has 0 bridgehead atoms. The fraction of sp³-hybridized carbons (Fsp3) is 0.500. The Morgan fingerprint density at radius 3 is 2.88 bits per heavy atom. The van der Waals surface area contributed by atoms with E-state index < -0.39 is 0 Å². The van der Waals surface area contributed by atoms with Gasteiger partial charge >= 0.3 is 0 Å². The molecule has 1 atom stereocenters. The first-order chi connectivity index (χ1) is 7.60. The lowest BCUT2D eigenvalue weighted by atomic mass is 10.2. The average Bonchev–Trinajstić information content (AvgIpc) is 2.29. The molecule has 0 aliphatic carbocycles. The highest BCUT2D eigenvalue weighted by Gasteiger charge is 2.13. The van der Waals surface area contributed by atoms with Gasteiger partial charge in [0.05, 0.1) is 12.0 Å². The van der Waals surface area contributed by atoms with Crippen molar-refractivity contribution in [2.24, 2.45) is 5.92 Å². The summed E-state index contributed by atoms with van der Waals surface area (Å²) >= 11 is 3.44. The minimum absolute atomic E-state index is 0.0371. The first kappa shape index (κ1) is 12.7. The van der Waals surface area contributed by atoms with Gasteiger partial charge in [0.25, 0.3) is 0 Å². The number of halogens is 1. The van der Waals surface area contributed by atoms with E-state index in [0.29, 0.717) is 6.54 Å². The Bertz CT molecular complexity index is 401. The molecule has 0 spiro atoms. The number of nitrogens with one attached hydrogen (secondary N) is 1. The van der Waals surface area contributed by atoms with E-state index in [1.807, 2.05) is 18.9 Å². The zero-order valence-corrected chi connectivity index (χ0v) is 11.1. The summed E-state index contributed by atoms with van der Waals surface area (Å²) in [5, 5.41) is 11.7. The number of hydrogen-bond donors (Lipinski definition) is 1. The van der Waals surface area contributed by atoms with Crippen LogP contribution in [0.4, 0.5) is 11.6 Å². The summed E-state index contributed by atoms with van der Waals surface area (Å²) in [5.41, 5.74) is 0. The third-order valence-electron chi connectivity index (χ3n) is 2.14. The molecule has 0 fully saturated rings. The van der Waals surface area contributed by atoms with Crippen molar-refractivity contribution in [1.29, 1.82) is 5.26 Å². The number of anilines is 2. The molecule has 1 rings (SSSR count). The maximum absolute atomic E-state index is 8.77. The fourth-order valence-electron chi connectivity index (χ4n) is 1.34. The van der Waals surface area contributed by atoms with Crippen molar-refractivity contribution < 1.29 is 0 Å². The Balaban J connectivity index is 2.92. The van der Waals surface area contributed by atoms with Gasteiger partial charge in [0.1, 0.15) is 22.4 Å². The third kappa shape index (κ3) is 2.83. The summed E-state index contributed by atoms with van der Waals surface area (Å²) in [6.07, 6.45) is 1.50. The van der Waals surface area contributed by atoms with Crippen LogP contribution in [0.15, 0.2) is 10.8 Å². The van der Waals surface area contributed by atoms with Gasteiger partial charge in [-0.3, -0.25) is 0 Å². The van der Waals surface area contributed by atoms with Crippen LogP contribution in [-0.4, -0.2) is 30.6 Å². The largest absolute Gasteiger partial charge is 0.372 e. The zero-order chi connectivity index (χ0) is 12.1. The van der Waals surface area contributed by atoms with Gasteiger partial charge in [0.15, 0.2) is 0 Å². The number of aromatic nitrogens is 2. The van der Waals surface area contributed by atoms with Crippen molar-refractivity contribution in [3.05, 3.63) is 10.8 Å². The normalized spacial score (nSPS) is 11.7. The van der Waals surface area contributed by atoms with Gasteiger partial charge in [0, 0.05) is 20.6 Å². The summed E-state index contributed by atoms with van der Waals surface area (Å²) in [5.74, 6) is 1.48. The molecule has 1 heterocycles. The molecule has 1 N–H and O–H groups in total. The summed E-state index contributed by atoms with van der Waals surface area (Å²) in [6.45, 7) is 2.51. The molecular weight excluding hydrogens is 270 g/mol. The SMILES string of the molecule is CNc1ncnc(N(C)CC(C)C#N)c1Br. The highest BCUT2D eigenvalue weighted by Crippen LogP contribution is 2.28. The number of rotatable bonds is 4. The van der Waals surface area contributed by atoms with E-state index in [1.165, 1.54) is 6.33 Å². The van der Waals surface area contributed by atoms with E-state index in [9.17, 15) is 0 Å². The van der Waals surface area contributed by atoms with Crippen LogP contribution >= 0.6 is 15.9 Å². The molecule has 1 unspecified atom stereocenters. The minimum atomic E-state index is -0.0371. The van der Waals surface area contributed by atoms with Crippen molar-refractivity contribution >= 4 is 27.6 Å². The molecular formula is C10H14BrN5. The van der Waals surface area contributed by atoms with Crippen molar-refractivity contribution in [2.75, 3.05) is 30.9 Å². The van der Waals surface area contributed by atoms with Crippen molar-refractivity contribution in [3.8, 4) is 6.07 Å². The predicted molar refractivity (Wildman–Crippen MR) is 67.3 cm³/mol. The quantitative estimate of drug-likeness (QED) is 0.914. The molecule has 0 amide bonds. The maximum atomic E-state index is 8.77. The summed E-state index contributed by atoms with van der Waals surface area (Å²) < 4.78 is 0.810. The maximum Gasteiger partial charge on any atom is 0.148 e. The lowest BCUT2D eigenvalue weighted by Crippen LogP contribution is -2.24. The predicted octanol–water partition coefficient (Wildman–Crippen LogP) is 1.88. The second kappa shape index (κ2) is 5.66. The summed E-state index contributed by atoms with van der Waals surface area (Å²) in [7, 11) is 3.70. The van der Waals surface area contributed by atoms with Crippen LogP contribution in [0.5, 0.6) is 0 Å². The number of hydrogen-bond acceptors (Lipinski definition) is 5. The zero-order valence-electron chi connectivity index (χ0n) is 9.53. The Kier molecular flexibility index (Phi) is 4.50. The first-order valence-corrected chi connectivity index (χ1v) is 5.68. The molecule has 0 aliphatic heterocycles. The van der Waals surface area contributed by atoms with Gasteiger partial charge in [-0.2, -0.15) is 5.26 Å². The van der Waals surface area contributed by atoms with Crippen LogP contribution in [0.25, 0.3) is 0 Å². The number of nitriles is 1. The lowest BCUT2D eigenvalue weighted by molar-refractivity contribution is 0.708. The molecule has 16 heavy (non-hydrogen) atoms. The van der Waals surface area contributed by atoms with Crippen LogP contribution in [0.3, 0.4) is 0 Å². The topological polar surface area (TPSA) is 64.8 Å². The summed E-state index contributed by atoms with van der Waals surface area (Å²) in [6, 6.07) is 2.20. The molecule has 86 valence electrons. The van der Waals surface area contributed by atoms with E-state index >= 15 is 0 Å². The van der Waals surface area contributed by atoms with Gasteiger partial charge < -0.3 is 10.2 Å². The fourth-order valence-corrected chi connectivity index (χ4v) is 2.04. The standard InChI is InChI=1S/C10H14BrN5/c1-7(4-12)5-16(3)10-8(11)9(13-2)14-6-15-10/h6-7H,5H2,1-3H3,(H,13,14,15). The molecule has 1 aromatic rings. The van der Waals surface area contributed by atoms with Crippen LogP contribution in [-0.2, 0) is 0 Å². The molecule has 0 aromatic carbocycles. The van der Waals surface area contributed by atoms with Gasteiger partial charge in [-0.05, 0) is 22.9 Å². The van der Waals surface area contributed by atoms with Gasteiger partial charge in [-0.15, -0.1) is 0 Å². The van der Waals surface area contributed by atoms with Crippen LogP contribution < -0.4 is 10.2 Å². The molecule has 0 radical (unpaired) electrons. The first-order valence-electron chi connectivity index (χ1n) is 4.89. The summed E-state index contributed by atoms with van der Waals surface area (Å²) in [4.78, 5) is 10.2. The Morgan fingerprint density at radius 2 is 2.31 bits per heavy atom. The molecule has 5 nitrogen and oxygen atoms in total. The van der Waals surface area contributed by atoms with Crippen LogP contribution in [0.2, 0.25) is 0 Å². The van der Waals surface area contributed by atoms with Gasteiger partial charge in [-0.25, -0.2) is 9.97 Å². The smallest absolute Gasteiger partial charge is 0.148 e. The van der Waals surface area contributed by atoms with E-state index in [-0.39, 0.29) is 5.92 Å².